The van der Waals surface area contributed by atoms with Crippen molar-refractivity contribution in [2.45, 2.75) is 6.92 Å². The summed E-state index contributed by atoms with van der Waals surface area (Å²) in [6, 6.07) is 4.69. The van der Waals surface area contributed by atoms with Crippen LogP contribution in [0.3, 0.4) is 0 Å². The molecule has 0 bridgehead atoms. The van der Waals surface area contributed by atoms with Crippen LogP contribution in [0.15, 0.2) is 30.5 Å². The van der Waals surface area contributed by atoms with E-state index >= 15 is 0 Å². The third kappa shape index (κ3) is 3.40. The molecule has 0 fully saturated rings. The lowest BCUT2D eigenvalue weighted by molar-refractivity contribution is 0.102. The van der Waals surface area contributed by atoms with Gasteiger partial charge in [-0.05, 0) is 19.1 Å². The molecule has 2 aromatic heterocycles. The van der Waals surface area contributed by atoms with E-state index in [1.165, 1.54) is 11.3 Å². The van der Waals surface area contributed by atoms with Gasteiger partial charge >= 0.3 is 0 Å². The minimum atomic E-state index is -0.626. The molecule has 2 N–H and O–H groups in total. The van der Waals surface area contributed by atoms with Crippen molar-refractivity contribution in [1.82, 2.24) is 14.8 Å². The highest BCUT2D eigenvalue weighted by Gasteiger charge is 2.19. The molecule has 0 saturated carbocycles. The number of benzene rings is 1. The third-order valence-corrected chi connectivity index (χ3v) is 3.97. The van der Waals surface area contributed by atoms with Crippen LogP contribution in [-0.2, 0) is 7.05 Å². The first-order valence-corrected chi connectivity index (χ1v) is 7.74. The molecule has 0 atom stereocenters. The highest BCUT2D eigenvalue weighted by Crippen LogP contribution is 2.29. The predicted molar refractivity (Wildman–Crippen MR) is 87.7 cm³/mol. The van der Waals surface area contributed by atoms with Crippen molar-refractivity contribution in [3.63, 3.8) is 0 Å². The maximum Gasteiger partial charge on any atom is 0.278 e. The first-order chi connectivity index (χ1) is 11.4. The van der Waals surface area contributed by atoms with Gasteiger partial charge in [0.05, 0.1) is 10.7 Å². The molecule has 0 aliphatic heterocycles. The quantitative estimate of drug-likeness (QED) is 0.757. The molecule has 0 aliphatic rings. The highest BCUT2D eigenvalue weighted by molar-refractivity contribution is 7.16. The van der Waals surface area contributed by atoms with E-state index in [1.54, 1.807) is 30.9 Å². The van der Waals surface area contributed by atoms with Crippen molar-refractivity contribution < 1.29 is 13.6 Å². The van der Waals surface area contributed by atoms with Crippen molar-refractivity contribution in [2.24, 2.45) is 7.05 Å². The van der Waals surface area contributed by atoms with Crippen molar-refractivity contribution in [3.05, 3.63) is 52.8 Å². The summed E-state index contributed by atoms with van der Waals surface area (Å²) in [5.74, 6) is -1.33. The molecule has 3 aromatic rings. The van der Waals surface area contributed by atoms with Gasteiger partial charge in [0, 0.05) is 25.4 Å². The molecule has 1 aromatic carbocycles. The van der Waals surface area contributed by atoms with Crippen molar-refractivity contribution in [2.75, 3.05) is 10.6 Å². The van der Waals surface area contributed by atoms with Crippen LogP contribution in [0.2, 0.25) is 0 Å². The van der Waals surface area contributed by atoms with E-state index in [2.05, 4.69) is 20.7 Å². The highest BCUT2D eigenvalue weighted by atomic mass is 32.1. The average Bonchev–Trinajstić information content (AvgIpc) is 3.09. The second kappa shape index (κ2) is 6.36. The van der Waals surface area contributed by atoms with Crippen LogP contribution in [-0.4, -0.2) is 20.7 Å². The minimum Gasteiger partial charge on any atom is -0.343 e. The molecular weight excluding hydrogens is 336 g/mol. The summed E-state index contributed by atoms with van der Waals surface area (Å²) in [6.07, 6.45) is 1.68. The smallest absolute Gasteiger partial charge is 0.278 e. The maximum absolute atomic E-state index is 13.8. The molecule has 1 amide bonds. The summed E-state index contributed by atoms with van der Waals surface area (Å²) >= 11 is 1.17. The number of nitrogens with one attached hydrogen (secondary N) is 2. The SMILES string of the molecule is Cc1nc(C(=O)Nc2ccn(C)n2)c(Nc2cc(F)ccc2F)s1. The van der Waals surface area contributed by atoms with Gasteiger partial charge in [-0.1, -0.05) is 0 Å². The number of amides is 1. The van der Waals surface area contributed by atoms with E-state index in [-0.39, 0.29) is 11.4 Å². The number of rotatable bonds is 4. The Morgan fingerprint density at radius 2 is 2.08 bits per heavy atom. The first-order valence-electron chi connectivity index (χ1n) is 6.93. The van der Waals surface area contributed by atoms with Gasteiger partial charge in [-0.15, -0.1) is 11.3 Å². The predicted octanol–water partition coefficient (Wildman–Crippen LogP) is 3.46. The Hall–Kier alpha value is -2.81. The second-order valence-corrected chi connectivity index (χ2v) is 6.19. The van der Waals surface area contributed by atoms with Gasteiger partial charge in [-0.2, -0.15) is 5.10 Å². The standard InChI is InChI=1S/C15H13F2N5OS/c1-8-18-13(14(23)20-12-5-6-22(2)21-12)15(24-8)19-11-7-9(16)3-4-10(11)17/h3-7,19H,1-2H3,(H,20,21,23). The Labute approximate surface area is 140 Å². The Kier molecular flexibility index (Phi) is 4.26. The molecule has 0 spiro atoms. The zero-order chi connectivity index (χ0) is 17.3. The van der Waals surface area contributed by atoms with Crippen LogP contribution in [0.25, 0.3) is 0 Å². The number of nitrogens with zero attached hydrogens (tertiary/aromatic N) is 3. The Balaban J connectivity index is 1.87. The third-order valence-electron chi connectivity index (χ3n) is 3.08. The second-order valence-electron chi connectivity index (χ2n) is 4.99. The van der Waals surface area contributed by atoms with Gasteiger partial charge in [0.15, 0.2) is 11.5 Å². The van der Waals surface area contributed by atoms with E-state index < -0.39 is 17.5 Å². The number of aromatic nitrogens is 3. The zero-order valence-electron chi connectivity index (χ0n) is 12.8. The largest absolute Gasteiger partial charge is 0.343 e. The fraction of sp³-hybridized carbons (Fsp3) is 0.133. The van der Waals surface area contributed by atoms with E-state index in [1.807, 2.05) is 0 Å². The fourth-order valence-corrected chi connectivity index (χ4v) is 2.87. The number of aryl methyl sites for hydroxylation is 2. The van der Waals surface area contributed by atoms with Crippen LogP contribution in [0, 0.1) is 18.6 Å². The van der Waals surface area contributed by atoms with Gasteiger partial charge in [-0.25, -0.2) is 13.8 Å². The van der Waals surface area contributed by atoms with Gasteiger partial charge < -0.3 is 10.6 Å². The van der Waals surface area contributed by atoms with E-state index in [9.17, 15) is 13.6 Å². The number of halogens is 2. The first kappa shape index (κ1) is 16.1. The van der Waals surface area contributed by atoms with Gasteiger partial charge in [0.25, 0.3) is 5.91 Å². The lowest BCUT2D eigenvalue weighted by atomic mass is 10.3. The number of hydrogen-bond donors (Lipinski definition) is 2. The molecule has 9 heteroatoms. The molecule has 6 nitrogen and oxygen atoms in total. The molecule has 3 rings (SSSR count). The molecular formula is C15H13F2N5OS. The monoisotopic (exact) mass is 349 g/mol. The summed E-state index contributed by atoms with van der Waals surface area (Å²) < 4.78 is 28.6. The van der Waals surface area contributed by atoms with Crippen LogP contribution < -0.4 is 10.6 Å². The average molecular weight is 349 g/mol. The summed E-state index contributed by atoms with van der Waals surface area (Å²) in [6.45, 7) is 1.72. The lowest BCUT2D eigenvalue weighted by Gasteiger charge is -2.07. The summed E-state index contributed by atoms with van der Waals surface area (Å²) in [4.78, 5) is 16.5. The van der Waals surface area contributed by atoms with Crippen LogP contribution >= 0.6 is 11.3 Å². The van der Waals surface area contributed by atoms with Crippen molar-refractivity contribution in [1.29, 1.82) is 0 Å². The molecule has 124 valence electrons. The number of thiazole rings is 1. The molecule has 0 saturated heterocycles. The number of carbonyl (C=O) groups is 1. The van der Waals surface area contributed by atoms with Gasteiger partial charge in [0.1, 0.15) is 16.6 Å². The normalized spacial score (nSPS) is 10.7. The van der Waals surface area contributed by atoms with Gasteiger partial charge in [0.2, 0.25) is 0 Å². The lowest BCUT2D eigenvalue weighted by Crippen LogP contribution is -2.14. The van der Waals surface area contributed by atoms with Crippen LogP contribution in [0.4, 0.5) is 25.3 Å². The molecule has 0 unspecified atom stereocenters. The fourth-order valence-electron chi connectivity index (χ4n) is 2.04. The Morgan fingerprint density at radius 3 is 2.79 bits per heavy atom. The molecule has 0 aliphatic carbocycles. The molecule has 2 heterocycles. The minimum absolute atomic E-state index is 0.0643. The van der Waals surface area contributed by atoms with Crippen LogP contribution in [0.1, 0.15) is 15.5 Å². The Morgan fingerprint density at radius 1 is 1.29 bits per heavy atom. The summed E-state index contributed by atoms with van der Waals surface area (Å²) in [5, 5.41) is 10.3. The summed E-state index contributed by atoms with van der Waals surface area (Å²) in [7, 11) is 1.72. The molecule has 0 radical (unpaired) electrons. The topological polar surface area (TPSA) is 71.8 Å². The van der Waals surface area contributed by atoms with E-state index in [0.717, 1.165) is 18.2 Å². The van der Waals surface area contributed by atoms with Crippen LogP contribution in [0.5, 0.6) is 0 Å². The zero-order valence-corrected chi connectivity index (χ0v) is 13.6. The number of hydrogen-bond acceptors (Lipinski definition) is 5. The van der Waals surface area contributed by atoms with E-state index in [0.29, 0.717) is 15.8 Å². The van der Waals surface area contributed by atoms with Crippen molar-refractivity contribution in [3.8, 4) is 0 Å². The summed E-state index contributed by atoms with van der Waals surface area (Å²) in [5.41, 5.74) is 0.0253. The maximum atomic E-state index is 13.8. The van der Waals surface area contributed by atoms with E-state index in [4.69, 9.17) is 0 Å². The Bertz CT molecular complexity index is 905. The van der Waals surface area contributed by atoms with Crippen molar-refractivity contribution >= 4 is 33.8 Å². The number of anilines is 3. The molecule has 24 heavy (non-hydrogen) atoms. The number of carbonyl (C=O) groups excluding carboxylic acids is 1. The van der Waals surface area contributed by atoms with Gasteiger partial charge in [-0.3, -0.25) is 9.48 Å².